The molecule has 96 valence electrons. The third-order valence-corrected chi connectivity index (χ3v) is 3.16. The van der Waals surface area contributed by atoms with Gasteiger partial charge in [-0.25, -0.2) is 4.98 Å². The van der Waals surface area contributed by atoms with Gasteiger partial charge in [0, 0.05) is 5.69 Å². The number of hydrogen-bond acceptors (Lipinski definition) is 3. The number of terminal acetylenes is 1. The maximum absolute atomic E-state index is 12.1. The molecule has 1 aromatic carbocycles. The van der Waals surface area contributed by atoms with Crippen LogP contribution in [0.25, 0.3) is 5.69 Å². The maximum Gasteiger partial charge on any atom is 0.270 e. The van der Waals surface area contributed by atoms with Gasteiger partial charge in [-0.15, -0.1) is 6.42 Å². The Morgan fingerprint density at radius 3 is 2.84 bits per heavy atom. The molecule has 0 aliphatic carbocycles. The van der Waals surface area contributed by atoms with Crippen molar-refractivity contribution in [3.63, 3.8) is 0 Å². The average Bonchev–Trinajstić information content (AvgIpc) is 2.89. The van der Waals surface area contributed by atoms with Gasteiger partial charge in [-0.2, -0.15) is 0 Å². The molecule has 0 saturated heterocycles. The van der Waals surface area contributed by atoms with Gasteiger partial charge in [0.05, 0.1) is 12.7 Å². The standard InChI is InChI=1S/C14H13N3OS/c1-3-9-15-13(18)12-10-16-14(19-2)17(12)11-7-5-4-6-8-11/h1,4-8,10H,9H2,2H3,(H,15,18). The van der Waals surface area contributed by atoms with Gasteiger partial charge in [0.15, 0.2) is 5.16 Å². The molecule has 0 radical (unpaired) electrons. The third kappa shape index (κ3) is 2.80. The van der Waals surface area contributed by atoms with Crippen LogP contribution in [0.15, 0.2) is 41.7 Å². The molecule has 0 bridgehead atoms. The summed E-state index contributed by atoms with van der Waals surface area (Å²) >= 11 is 1.48. The molecule has 4 nitrogen and oxygen atoms in total. The fourth-order valence-corrected chi connectivity index (χ4v) is 2.23. The van der Waals surface area contributed by atoms with Crippen molar-refractivity contribution < 1.29 is 4.79 Å². The van der Waals surface area contributed by atoms with Gasteiger partial charge in [0.2, 0.25) is 0 Å². The largest absolute Gasteiger partial charge is 0.340 e. The molecule has 0 unspecified atom stereocenters. The van der Waals surface area contributed by atoms with Crippen molar-refractivity contribution >= 4 is 17.7 Å². The normalized spacial score (nSPS) is 9.89. The number of para-hydroxylation sites is 1. The van der Waals surface area contributed by atoms with E-state index in [9.17, 15) is 4.79 Å². The summed E-state index contributed by atoms with van der Waals surface area (Å²) in [6.07, 6.45) is 8.63. The van der Waals surface area contributed by atoms with E-state index in [4.69, 9.17) is 6.42 Å². The van der Waals surface area contributed by atoms with Gasteiger partial charge in [-0.3, -0.25) is 9.36 Å². The highest BCUT2D eigenvalue weighted by Gasteiger charge is 2.16. The summed E-state index contributed by atoms with van der Waals surface area (Å²) in [7, 11) is 0. The predicted molar refractivity (Wildman–Crippen MR) is 76.5 cm³/mol. The number of amides is 1. The number of carbonyl (C=O) groups is 1. The van der Waals surface area contributed by atoms with Crippen molar-refractivity contribution in [1.82, 2.24) is 14.9 Å². The minimum absolute atomic E-state index is 0.202. The van der Waals surface area contributed by atoms with Crippen LogP contribution < -0.4 is 5.32 Å². The Bertz CT molecular complexity index is 613. The summed E-state index contributed by atoms with van der Waals surface area (Å²) < 4.78 is 1.82. The summed E-state index contributed by atoms with van der Waals surface area (Å²) in [5.41, 5.74) is 1.38. The first-order valence-corrected chi connectivity index (χ1v) is 6.89. The Labute approximate surface area is 116 Å². The number of aromatic nitrogens is 2. The Kier molecular flexibility index (Phi) is 4.26. The number of benzene rings is 1. The fraction of sp³-hybridized carbons (Fsp3) is 0.143. The first-order valence-electron chi connectivity index (χ1n) is 5.66. The number of imidazole rings is 1. The lowest BCUT2D eigenvalue weighted by atomic mass is 10.3. The molecule has 2 aromatic rings. The molecule has 1 amide bonds. The van der Waals surface area contributed by atoms with Crippen molar-refractivity contribution in [2.45, 2.75) is 5.16 Å². The first-order chi connectivity index (χ1) is 9.27. The second-order valence-corrected chi connectivity index (χ2v) is 4.46. The Hall–Kier alpha value is -2.19. The molecule has 1 heterocycles. The van der Waals surface area contributed by atoms with E-state index in [0.717, 1.165) is 10.8 Å². The third-order valence-electron chi connectivity index (χ3n) is 2.51. The number of rotatable bonds is 4. The summed E-state index contributed by atoms with van der Waals surface area (Å²) in [4.78, 5) is 16.3. The second kappa shape index (κ2) is 6.12. The van der Waals surface area contributed by atoms with Gasteiger partial charge in [0.25, 0.3) is 5.91 Å². The molecule has 0 fully saturated rings. The lowest BCUT2D eigenvalue weighted by molar-refractivity contribution is 0.0951. The van der Waals surface area contributed by atoms with Gasteiger partial charge < -0.3 is 5.32 Å². The van der Waals surface area contributed by atoms with E-state index >= 15 is 0 Å². The topological polar surface area (TPSA) is 46.9 Å². The summed E-state index contributed by atoms with van der Waals surface area (Å²) in [6.45, 7) is 0.202. The molecule has 0 atom stereocenters. The Morgan fingerprint density at radius 2 is 2.21 bits per heavy atom. The van der Waals surface area contributed by atoms with Crippen LogP contribution in [0.1, 0.15) is 10.5 Å². The molecule has 1 aromatic heterocycles. The van der Waals surface area contributed by atoms with Gasteiger partial charge in [-0.05, 0) is 18.4 Å². The van der Waals surface area contributed by atoms with Crippen LogP contribution in [0.4, 0.5) is 0 Å². The van der Waals surface area contributed by atoms with E-state index in [1.54, 1.807) is 6.20 Å². The smallest absolute Gasteiger partial charge is 0.270 e. The van der Waals surface area contributed by atoms with E-state index in [1.165, 1.54) is 11.8 Å². The zero-order valence-electron chi connectivity index (χ0n) is 10.5. The molecule has 2 rings (SSSR count). The van der Waals surface area contributed by atoms with Gasteiger partial charge >= 0.3 is 0 Å². The minimum atomic E-state index is -0.227. The average molecular weight is 271 g/mol. The van der Waals surface area contributed by atoms with Crippen molar-refractivity contribution in [3.8, 4) is 18.0 Å². The van der Waals surface area contributed by atoms with Crippen molar-refractivity contribution in [3.05, 3.63) is 42.2 Å². The van der Waals surface area contributed by atoms with Gasteiger partial charge in [0.1, 0.15) is 5.69 Å². The molecular weight excluding hydrogens is 258 g/mol. The van der Waals surface area contributed by atoms with Crippen LogP contribution in [0.2, 0.25) is 0 Å². The molecule has 0 spiro atoms. The highest BCUT2D eigenvalue weighted by molar-refractivity contribution is 7.98. The van der Waals surface area contributed by atoms with E-state index in [1.807, 2.05) is 41.2 Å². The lowest BCUT2D eigenvalue weighted by Crippen LogP contribution is -2.25. The molecule has 0 saturated carbocycles. The lowest BCUT2D eigenvalue weighted by Gasteiger charge is -2.10. The molecular formula is C14H13N3OS. The molecule has 5 heteroatoms. The van der Waals surface area contributed by atoms with Gasteiger partial charge in [-0.1, -0.05) is 35.9 Å². The van der Waals surface area contributed by atoms with Crippen LogP contribution in [-0.2, 0) is 0 Å². The monoisotopic (exact) mass is 271 g/mol. The van der Waals surface area contributed by atoms with E-state index in [-0.39, 0.29) is 12.5 Å². The maximum atomic E-state index is 12.1. The Balaban J connectivity index is 2.44. The van der Waals surface area contributed by atoms with Crippen molar-refractivity contribution in [2.24, 2.45) is 0 Å². The highest BCUT2D eigenvalue weighted by atomic mass is 32.2. The number of carbonyl (C=O) groups excluding carboxylic acids is 1. The van der Waals surface area contributed by atoms with Crippen LogP contribution in [0, 0.1) is 12.3 Å². The number of hydrogen-bond donors (Lipinski definition) is 1. The predicted octanol–water partition coefficient (Wildman–Crippen LogP) is 1.96. The quantitative estimate of drug-likeness (QED) is 0.683. The molecule has 0 aliphatic heterocycles. The number of nitrogens with one attached hydrogen (secondary N) is 1. The van der Waals surface area contributed by atoms with Crippen LogP contribution in [-0.4, -0.2) is 28.3 Å². The number of thioether (sulfide) groups is 1. The highest BCUT2D eigenvalue weighted by Crippen LogP contribution is 2.21. The van der Waals surface area contributed by atoms with E-state index in [0.29, 0.717) is 5.69 Å². The van der Waals surface area contributed by atoms with Crippen LogP contribution >= 0.6 is 11.8 Å². The van der Waals surface area contributed by atoms with Crippen molar-refractivity contribution in [1.29, 1.82) is 0 Å². The van der Waals surface area contributed by atoms with Crippen LogP contribution in [0.5, 0.6) is 0 Å². The number of nitrogens with zero attached hydrogens (tertiary/aromatic N) is 2. The first kappa shape index (κ1) is 13.2. The SMILES string of the molecule is C#CCNC(=O)c1cnc(SC)n1-c1ccccc1. The zero-order valence-corrected chi connectivity index (χ0v) is 11.3. The van der Waals surface area contributed by atoms with E-state index < -0.39 is 0 Å². The van der Waals surface area contributed by atoms with Crippen LogP contribution in [0.3, 0.4) is 0 Å². The summed E-state index contributed by atoms with van der Waals surface area (Å²) in [5, 5.41) is 3.41. The second-order valence-electron chi connectivity index (χ2n) is 3.69. The zero-order chi connectivity index (χ0) is 13.7. The molecule has 0 aliphatic rings. The minimum Gasteiger partial charge on any atom is -0.340 e. The summed E-state index contributed by atoms with van der Waals surface area (Å²) in [6, 6.07) is 9.63. The fourth-order valence-electron chi connectivity index (χ4n) is 1.69. The molecule has 19 heavy (non-hydrogen) atoms. The van der Waals surface area contributed by atoms with Crippen molar-refractivity contribution in [2.75, 3.05) is 12.8 Å². The summed E-state index contributed by atoms with van der Waals surface area (Å²) in [5.74, 6) is 2.15. The van der Waals surface area contributed by atoms with E-state index in [2.05, 4.69) is 16.2 Å². The molecule has 1 N–H and O–H groups in total. The Morgan fingerprint density at radius 1 is 1.47 bits per heavy atom.